The summed E-state index contributed by atoms with van der Waals surface area (Å²) in [4.78, 5) is -0.00916. The molecule has 0 saturated carbocycles. The lowest BCUT2D eigenvalue weighted by Gasteiger charge is -2.18. The number of hydrogen-bond acceptors (Lipinski definition) is 3. The summed E-state index contributed by atoms with van der Waals surface area (Å²) in [5, 5.41) is 0.231. The highest BCUT2D eigenvalue weighted by Crippen LogP contribution is 2.31. The van der Waals surface area contributed by atoms with Gasteiger partial charge in [-0.25, -0.2) is 8.42 Å². The molecule has 0 aliphatic heterocycles. The Morgan fingerprint density at radius 3 is 2.46 bits per heavy atom. The van der Waals surface area contributed by atoms with Crippen LogP contribution in [-0.2, 0) is 16.6 Å². The molecule has 0 amide bonds. The molecule has 0 atom stereocenters. The van der Waals surface area contributed by atoms with Crippen LogP contribution in [-0.4, -0.2) is 26.4 Å². The number of sulfonamides is 1. The van der Waals surface area contributed by atoms with E-state index in [4.69, 9.17) is 27.9 Å². The van der Waals surface area contributed by atoms with Gasteiger partial charge in [0.15, 0.2) is 0 Å². The summed E-state index contributed by atoms with van der Waals surface area (Å²) in [5.41, 5.74) is 0.824. The molecule has 0 aromatic heterocycles. The van der Waals surface area contributed by atoms with Gasteiger partial charge in [-0.3, -0.25) is 0 Å². The van der Waals surface area contributed by atoms with Crippen LogP contribution < -0.4 is 4.74 Å². The van der Waals surface area contributed by atoms with Gasteiger partial charge in [-0.1, -0.05) is 54.1 Å². The fourth-order valence-corrected chi connectivity index (χ4v) is 3.93. The van der Waals surface area contributed by atoms with E-state index in [0.29, 0.717) is 12.4 Å². The third kappa shape index (κ3) is 4.30. The van der Waals surface area contributed by atoms with Crippen LogP contribution in [0.1, 0.15) is 5.56 Å². The van der Waals surface area contributed by atoms with E-state index in [9.17, 15) is 8.42 Å². The minimum absolute atomic E-state index is 0.00916. The van der Waals surface area contributed by atoms with Gasteiger partial charge in [-0.2, -0.15) is 4.31 Å². The Morgan fingerprint density at radius 1 is 1.17 bits per heavy atom. The fraction of sp³-hybridized carbons (Fsp3) is 0.176. The second kappa shape index (κ2) is 8.03. The number of nitrogens with zero attached hydrogens (tertiary/aromatic N) is 1. The molecule has 2 aromatic rings. The minimum atomic E-state index is -3.74. The van der Waals surface area contributed by atoms with E-state index >= 15 is 0 Å². The summed E-state index contributed by atoms with van der Waals surface area (Å²) in [7, 11) is -2.25. The van der Waals surface area contributed by atoms with Crippen LogP contribution in [0, 0.1) is 0 Å². The molecule has 0 radical (unpaired) electrons. The van der Waals surface area contributed by atoms with Gasteiger partial charge >= 0.3 is 0 Å². The second-order valence-corrected chi connectivity index (χ2v) is 7.86. The maximum Gasteiger partial charge on any atom is 0.244 e. The summed E-state index contributed by atoms with van der Waals surface area (Å²) >= 11 is 11.9. The van der Waals surface area contributed by atoms with Gasteiger partial charge in [-0.05, 0) is 29.8 Å². The lowest BCUT2D eigenvalue weighted by atomic mass is 10.2. The Morgan fingerprint density at radius 2 is 1.83 bits per heavy atom. The van der Waals surface area contributed by atoms with Crippen molar-refractivity contribution >= 4 is 33.2 Å². The number of halogens is 2. The first-order chi connectivity index (χ1) is 11.4. The molecule has 128 valence electrons. The van der Waals surface area contributed by atoms with Gasteiger partial charge < -0.3 is 4.74 Å². The molecule has 24 heavy (non-hydrogen) atoms. The molecule has 4 nitrogen and oxygen atoms in total. The molecule has 0 N–H and O–H groups in total. The SMILES string of the molecule is C=CCOc1ccc(CN(C)S(=O)(=O)c2cccc(Cl)c2Cl)cc1. The molecular weight excluding hydrogens is 369 g/mol. The summed E-state index contributed by atoms with van der Waals surface area (Å²) in [6.45, 7) is 4.20. The standard InChI is InChI=1S/C17H17Cl2NO3S/c1-3-11-23-14-9-7-13(8-10-14)12-20(2)24(21,22)16-6-4-5-15(18)17(16)19/h3-10H,1,11-12H2,2H3. The number of benzene rings is 2. The quantitative estimate of drug-likeness (QED) is 0.664. The van der Waals surface area contributed by atoms with Crippen molar-refractivity contribution in [2.75, 3.05) is 13.7 Å². The molecule has 0 unspecified atom stereocenters. The lowest BCUT2D eigenvalue weighted by Crippen LogP contribution is -2.26. The van der Waals surface area contributed by atoms with E-state index in [0.717, 1.165) is 5.56 Å². The Hall–Kier alpha value is -1.53. The Balaban J connectivity index is 2.17. The lowest BCUT2D eigenvalue weighted by molar-refractivity contribution is 0.363. The van der Waals surface area contributed by atoms with E-state index in [1.54, 1.807) is 30.3 Å². The molecule has 0 saturated heterocycles. The topological polar surface area (TPSA) is 46.6 Å². The molecule has 0 bridgehead atoms. The van der Waals surface area contributed by atoms with Crippen LogP contribution in [0.4, 0.5) is 0 Å². The molecular formula is C17H17Cl2NO3S. The van der Waals surface area contributed by atoms with Crippen LogP contribution in [0.3, 0.4) is 0 Å². The predicted molar refractivity (Wildman–Crippen MR) is 97.2 cm³/mol. The van der Waals surface area contributed by atoms with Crippen molar-refractivity contribution < 1.29 is 13.2 Å². The molecule has 0 heterocycles. The van der Waals surface area contributed by atoms with Crippen molar-refractivity contribution in [2.24, 2.45) is 0 Å². The average Bonchev–Trinajstić information content (AvgIpc) is 2.56. The monoisotopic (exact) mass is 385 g/mol. The Labute approximate surface area is 152 Å². The van der Waals surface area contributed by atoms with Gasteiger partial charge in [0.2, 0.25) is 10.0 Å². The zero-order chi connectivity index (χ0) is 17.7. The third-order valence-electron chi connectivity index (χ3n) is 3.30. The van der Waals surface area contributed by atoms with Crippen molar-refractivity contribution in [1.82, 2.24) is 4.31 Å². The van der Waals surface area contributed by atoms with Gasteiger partial charge in [0.1, 0.15) is 17.3 Å². The summed E-state index contributed by atoms with van der Waals surface area (Å²) in [6.07, 6.45) is 1.66. The summed E-state index contributed by atoms with van der Waals surface area (Å²) in [5.74, 6) is 0.696. The van der Waals surface area contributed by atoms with Gasteiger partial charge in [0.25, 0.3) is 0 Å². The van der Waals surface area contributed by atoms with Crippen molar-refractivity contribution in [1.29, 1.82) is 0 Å². The van der Waals surface area contributed by atoms with Crippen molar-refractivity contribution in [3.8, 4) is 5.75 Å². The summed E-state index contributed by atoms with van der Waals surface area (Å²) < 4.78 is 32.0. The molecule has 0 aliphatic rings. The predicted octanol–water partition coefficient (Wildman–Crippen LogP) is 4.38. The van der Waals surface area contributed by atoms with Crippen LogP contribution in [0.2, 0.25) is 10.0 Å². The van der Waals surface area contributed by atoms with E-state index in [-0.39, 0.29) is 21.5 Å². The zero-order valence-corrected chi connectivity index (χ0v) is 15.4. The number of rotatable bonds is 7. The first-order valence-electron chi connectivity index (χ1n) is 7.09. The highest BCUT2D eigenvalue weighted by molar-refractivity contribution is 7.89. The molecule has 7 heteroatoms. The summed E-state index contributed by atoms with van der Waals surface area (Å²) in [6, 6.07) is 11.7. The smallest absolute Gasteiger partial charge is 0.244 e. The maximum absolute atomic E-state index is 12.7. The second-order valence-electron chi connectivity index (χ2n) is 5.06. The van der Waals surface area contributed by atoms with Crippen LogP contribution in [0.15, 0.2) is 60.0 Å². The zero-order valence-electron chi connectivity index (χ0n) is 13.1. The molecule has 0 aliphatic carbocycles. The highest BCUT2D eigenvalue weighted by atomic mass is 35.5. The van der Waals surface area contributed by atoms with Gasteiger partial charge in [0, 0.05) is 13.6 Å². The fourth-order valence-electron chi connectivity index (χ4n) is 2.04. The Kier molecular flexibility index (Phi) is 6.29. The van der Waals surface area contributed by atoms with E-state index in [1.165, 1.54) is 17.4 Å². The third-order valence-corrected chi connectivity index (χ3v) is 6.08. The largest absolute Gasteiger partial charge is 0.490 e. The molecule has 2 rings (SSSR count). The number of hydrogen-bond donors (Lipinski definition) is 0. The number of ether oxygens (including phenoxy) is 1. The van der Waals surface area contributed by atoms with Crippen LogP contribution >= 0.6 is 23.2 Å². The first kappa shape index (κ1) is 18.8. The van der Waals surface area contributed by atoms with Gasteiger partial charge in [-0.15, -0.1) is 0 Å². The van der Waals surface area contributed by atoms with Crippen molar-refractivity contribution in [3.63, 3.8) is 0 Å². The van der Waals surface area contributed by atoms with Gasteiger partial charge in [0.05, 0.1) is 10.0 Å². The molecule has 0 spiro atoms. The Bertz CT molecular complexity index is 820. The van der Waals surface area contributed by atoms with E-state index in [1.807, 2.05) is 12.1 Å². The normalized spacial score (nSPS) is 11.5. The maximum atomic E-state index is 12.7. The average molecular weight is 386 g/mol. The molecule has 0 fully saturated rings. The highest BCUT2D eigenvalue weighted by Gasteiger charge is 2.24. The minimum Gasteiger partial charge on any atom is -0.490 e. The van der Waals surface area contributed by atoms with Crippen LogP contribution in [0.5, 0.6) is 5.75 Å². The van der Waals surface area contributed by atoms with E-state index < -0.39 is 10.0 Å². The van der Waals surface area contributed by atoms with Crippen molar-refractivity contribution in [2.45, 2.75) is 11.4 Å². The van der Waals surface area contributed by atoms with Crippen molar-refractivity contribution in [3.05, 3.63) is 70.7 Å². The van der Waals surface area contributed by atoms with Crippen LogP contribution in [0.25, 0.3) is 0 Å². The van der Waals surface area contributed by atoms with E-state index in [2.05, 4.69) is 6.58 Å². The molecule has 2 aromatic carbocycles. The first-order valence-corrected chi connectivity index (χ1v) is 9.29.